The van der Waals surface area contributed by atoms with Gasteiger partial charge in [-0.15, -0.1) is 5.10 Å². The summed E-state index contributed by atoms with van der Waals surface area (Å²) in [5, 5.41) is 14.0. The van der Waals surface area contributed by atoms with Gasteiger partial charge in [0.25, 0.3) is 11.6 Å². The molecule has 4 aromatic heterocycles. The van der Waals surface area contributed by atoms with E-state index >= 15 is 0 Å². The van der Waals surface area contributed by atoms with Gasteiger partial charge in [-0.1, -0.05) is 25.1 Å². The van der Waals surface area contributed by atoms with E-state index in [1.807, 2.05) is 26.0 Å². The lowest BCUT2D eigenvalue weighted by atomic mass is 10.0. The standard InChI is InChI=1S/C18H17N7O2/c1-9(2)13-8-11(14-10(3)25-27-17(14)20-13)16(26)22-18-21-15(23-24-18)12-6-4-5-7-19-12/h4-9H,1-3H3,(H2,21,22,23,24,26). The summed E-state index contributed by atoms with van der Waals surface area (Å²) >= 11 is 0. The van der Waals surface area contributed by atoms with Crippen LogP contribution in [-0.2, 0) is 0 Å². The normalized spacial score (nSPS) is 11.3. The Morgan fingerprint density at radius 1 is 1.26 bits per heavy atom. The van der Waals surface area contributed by atoms with Crippen LogP contribution < -0.4 is 5.32 Å². The summed E-state index contributed by atoms with van der Waals surface area (Å²) < 4.78 is 5.26. The van der Waals surface area contributed by atoms with Gasteiger partial charge in [0.05, 0.1) is 16.6 Å². The van der Waals surface area contributed by atoms with Crippen molar-refractivity contribution in [1.82, 2.24) is 30.3 Å². The number of anilines is 1. The smallest absolute Gasteiger partial charge is 0.259 e. The van der Waals surface area contributed by atoms with E-state index in [9.17, 15) is 4.79 Å². The predicted octanol–water partition coefficient (Wildman–Crippen LogP) is 3.09. The molecule has 27 heavy (non-hydrogen) atoms. The maximum absolute atomic E-state index is 12.9. The number of nitrogens with one attached hydrogen (secondary N) is 2. The van der Waals surface area contributed by atoms with Gasteiger partial charge in [-0.25, -0.2) is 4.98 Å². The highest BCUT2D eigenvalue weighted by Crippen LogP contribution is 2.25. The number of amides is 1. The fraction of sp³-hybridized carbons (Fsp3) is 0.222. The third kappa shape index (κ3) is 3.14. The zero-order valence-electron chi connectivity index (χ0n) is 15.0. The van der Waals surface area contributed by atoms with Crippen LogP contribution in [-0.4, -0.2) is 36.2 Å². The van der Waals surface area contributed by atoms with Gasteiger partial charge >= 0.3 is 0 Å². The molecule has 4 heterocycles. The first kappa shape index (κ1) is 16.8. The van der Waals surface area contributed by atoms with E-state index in [1.54, 1.807) is 25.3 Å². The number of nitrogens with zero attached hydrogens (tertiary/aromatic N) is 5. The molecule has 0 aliphatic heterocycles. The maximum atomic E-state index is 12.9. The lowest BCUT2D eigenvalue weighted by molar-refractivity contribution is 0.102. The summed E-state index contributed by atoms with van der Waals surface area (Å²) in [4.78, 5) is 25.8. The van der Waals surface area contributed by atoms with Gasteiger partial charge in [-0.2, -0.15) is 4.98 Å². The van der Waals surface area contributed by atoms with Gasteiger partial charge in [-0.3, -0.25) is 20.2 Å². The minimum Gasteiger partial charge on any atom is -0.336 e. The molecule has 0 fully saturated rings. The Morgan fingerprint density at radius 3 is 2.85 bits per heavy atom. The summed E-state index contributed by atoms with van der Waals surface area (Å²) in [5.41, 5.74) is 2.74. The minimum absolute atomic E-state index is 0.130. The van der Waals surface area contributed by atoms with Gasteiger partial charge in [0.1, 0.15) is 5.69 Å². The molecule has 0 saturated heterocycles. The van der Waals surface area contributed by atoms with E-state index in [0.717, 1.165) is 5.69 Å². The molecule has 0 aliphatic rings. The molecule has 4 rings (SSSR count). The van der Waals surface area contributed by atoms with Crippen LogP contribution in [0.25, 0.3) is 22.6 Å². The van der Waals surface area contributed by atoms with Crippen molar-refractivity contribution in [1.29, 1.82) is 0 Å². The van der Waals surface area contributed by atoms with Crippen LogP contribution in [0.1, 0.15) is 41.5 Å². The molecule has 0 atom stereocenters. The molecule has 2 N–H and O–H groups in total. The fourth-order valence-corrected chi connectivity index (χ4v) is 2.69. The highest BCUT2D eigenvalue weighted by Gasteiger charge is 2.21. The molecule has 0 aliphatic carbocycles. The van der Waals surface area contributed by atoms with E-state index in [-0.39, 0.29) is 17.8 Å². The molecular formula is C18H17N7O2. The number of aryl methyl sites for hydroxylation is 1. The fourth-order valence-electron chi connectivity index (χ4n) is 2.69. The van der Waals surface area contributed by atoms with Crippen LogP contribution in [0.3, 0.4) is 0 Å². The molecule has 0 saturated carbocycles. The molecule has 0 unspecified atom stereocenters. The Hall–Kier alpha value is -3.62. The second-order valence-electron chi connectivity index (χ2n) is 6.37. The summed E-state index contributed by atoms with van der Waals surface area (Å²) in [5.74, 6) is 0.397. The van der Waals surface area contributed by atoms with Gasteiger partial charge in [-0.05, 0) is 31.0 Å². The Kier molecular flexibility index (Phi) is 4.11. The van der Waals surface area contributed by atoms with Crippen LogP contribution in [0.15, 0.2) is 35.0 Å². The minimum atomic E-state index is -0.359. The monoisotopic (exact) mass is 363 g/mol. The maximum Gasteiger partial charge on any atom is 0.259 e. The van der Waals surface area contributed by atoms with Gasteiger partial charge in [0, 0.05) is 11.9 Å². The Bertz CT molecular complexity index is 1120. The van der Waals surface area contributed by atoms with Crippen molar-refractivity contribution < 1.29 is 9.32 Å². The van der Waals surface area contributed by atoms with Crippen molar-refractivity contribution in [3.05, 3.63) is 47.4 Å². The van der Waals surface area contributed by atoms with E-state index in [0.29, 0.717) is 33.9 Å². The summed E-state index contributed by atoms with van der Waals surface area (Å²) in [6.07, 6.45) is 1.66. The summed E-state index contributed by atoms with van der Waals surface area (Å²) in [6, 6.07) is 7.20. The number of aromatic amines is 1. The third-order valence-electron chi connectivity index (χ3n) is 4.09. The predicted molar refractivity (Wildman–Crippen MR) is 98.2 cm³/mol. The zero-order chi connectivity index (χ0) is 19.0. The highest BCUT2D eigenvalue weighted by atomic mass is 16.5. The number of hydrogen-bond acceptors (Lipinski definition) is 7. The van der Waals surface area contributed by atoms with Crippen LogP contribution in [0.4, 0.5) is 5.95 Å². The number of H-pyrrole nitrogens is 1. The van der Waals surface area contributed by atoms with Gasteiger partial charge in [0.2, 0.25) is 5.95 Å². The Labute approximate surface area is 154 Å². The number of fused-ring (bicyclic) bond motifs is 1. The lowest BCUT2D eigenvalue weighted by Crippen LogP contribution is -2.14. The van der Waals surface area contributed by atoms with Crippen molar-refractivity contribution in [3.63, 3.8) is 0 Å². The van der Waals surface area contributed by atoms with Crippen LogP contribution in [0.5, 0.6) is 0 Å². The number of aromatic nitrogens is 6. The second kappa shape index (κ2) is 6.60. The Morgan fingerprint density at radius 2 is 2.11 bits per heavy atom. The van der Waals surface area contributed by atoms with Crippen LogP contribution >= 0.6 is 0 Å². The SMILES string of the molecule is Cc1noc2nc(C(C)C)cc(C(=O)Nc3n[nH]c(-c4ccccn4)n3)c12. The van der Waals surface area contributed by atoms with Crippen LogP contribution in [0, 0.1) is 6.92 Å². The number of pyridine rings is 2. The van der Waals surface area contributed by atoms with E-state index in [1.165, 1.54) is 0 Å². The zero-order valence-corrected chi connectivity index (χ0v) is 15.0. The van der Waals surface area contributed by atoms with Gasteiger partial charge in [0.15, 0.2) is 5.82 Å². The van der Waals surface area contributed by atoms with Crippen molar-refractivity contribution in [2.45, 2.75) is 26.7 Å². The topological polar surface area (TPSA) is 122 Å². The molecule has 136 valence electrons. The first-order valence-corrected chi connectivity index (χ1v) is 8.45. The molecule has 9 heteroatoms. The average Bonchev–Trinajstić information content (AvgIpc) is 3.29. The molecule has 4 aromatic rings. The second-order valence-corrected chi connectivity index (χ2v) is 6.37. The average molecular weight is 363 g/mol. The largest absolute Gasteiger partial charge is 0.336 e. The first-order valence-electron chi connectivity index (χ1n) is 8.45. The number of rotatable bonds is 4. The number of carbonyl (C=O) groups is 1. The van der Waals surface area contributed by atoms with Crippen molar-refractivity contribution >= 4 is 23.0 Å². The Balaban J connectivity index is 1.67. The summed E-state index contributed by atoms with van der Waals surface area (Å²) in [7, 11) is 0. The van der Waals surface area contributed by atoms with E-state index in [2.05, 4.69) is 35.6 Å². The lowest BCUT2D eigenvalue weighted by Gasteiger charge is -2.08. The van der Waals surface area contributed by atoms with E-state index in [4.69, 9.17) is 4.52 Å². The first-order chi connectivity index (χ1) is 13.0. The summed E-state index contributed by atoms with van der Waals surface area (Å²) in [6.45, 7) is 5.76. The molecule has 9 nitrogen and oxygen atoms in total. The number of hydrogen-bond donors (Lipinski definition) is 2. The third-order valence-corrected chi connectivity index (χ3v) is 4.09. The van der Waals surface area contributed by atoms with E-state index < -0.39 is 0 Å². The quantitative estimate of drug-likeness (QED) is 0.571. The molecule has 0 bridgehead atoms. The van der Waals surface area contributed by atoms with Gasteiger partial charge < -0.3 is 4.52 Å². The van der Waals surface area contributed by atoms with Crippen molar-refractivity contribution in [2.24, 2.45) is 0 Å². The molecule has 1 amide bonds. The molecular weight excluding hydrogens is 346 g/mol. The molecule has 0 radical (unpaired) electrons. The highest BCUT2D eigenvalue weighted by molar-refractivity contribution is 6.11. The van der Waals surface area contributed by atoms with Crippen molar-refractivity contribution in [3.8, 4) is 11.5 Å². The van der Waals surface area contributed by atoms with Crippen molar-refractivity contribution in [2.75, 3.05) is 5.32 Å². The molecule has 0 aromatic carbocycles. The molecule has 0 spiro atoms. The van der Waals surface area contributed by atoms with Crippen LogP contribution in [0.2, 0.25) is 0 Å². The number of carbonyl (C=O) groups excluding carboxylic acids is 1.